The zero-order valence-electron chi connectivity index (χ0n) is 5.40. The summed E-state index contributed by atoms with van der Waals surface area (Å²) in [5.41, 5.74) is 0. The minimum absolute atomic E-state index is 6.17. The summed E-state index contributed by atoms with van der Waals surface area (Å²) >= 11 is -7.43. The molecule has 0 heterocycles. The first kappa shape index (κ1) is 13.2. The SMILES string of the molecule is F[C](F)(F)[Sn]([C](F)(F)F)[C](F)(F)F. The first-order chi connectivity index (χ1) is 5.37. The Morgan fingerprint density at radius 3 is 0.615 bits per heavy atom. The molecule has 0 nitrogen and oxygen atoms in total. The van der Waals surface area contributed by atoms with Gasteiger partial charge in [0.1, 0.15) is 0 Å². The molecular formula is C3F9Sn. The molecule has 0 aromatic carbocycles. The number of hydrogen-bond acceptors (Lipinski definition) is 0. The average Bonchev–Trinajstić information content (AvgIpc) is 1.44. The van der Waals surface area contributed by atoms with Gasteiger partial charge in [-0.05, 0) is 0 Å². The van der Waals surface area contributed by atoms with E-state index in [1.165, 1.54) is 0 Å². The fourth-order valence-corrected chi connectivity index (χ4v) is 3.23. The van der Waals surface area contributed by atoms with Gasteiger partial charge in [0.15, 0.2) is 0 Å². The van der Waals surface area contributed by atoms with Crippen molar-refractivity contribution in [3.05, 3.63) is 0 Å². The van der Waals surface area contributed by atoms with Gasteiger partial charge in [0.25, 0.3) is 0 Å². The van der Waals surface area contributed by atoms with Crippen LogP contribution in [0.15, 0.2) is 0 Å². The number of halogens is 9. The molecule has 0 amide bonds. The van der Waals surface area contributed by atoms with Crippen LogP contribution in [0.5, 0.6) is 0 Å². The molecule has 79 valence electrons. The monoisotopic (exact) mass is 327 g/mol. The van der Waals surface area contributed by atoms with E-state index in [-0.39, 0.29) is 0 Å². The van der Waals surface area contributed by atoms with Crippen LogP contribution < -0.4 is 0 Å². The molecule has 0 unspecified atom stereocenters. The Hall–Kier alpha value is 0.169. The second-order valence-corrected chi connectivity index (χ2v) is 8.86. The summed E-state index contributed by atoms with van der Waals surface area (Å²) in [6, 6.07) is 0. The molecule has 0 aliphatic rings. The molecule has 10 heteroatoms. The predicted octanol–water partition coefficient (Wildman–Crippen LogP) is 2.79. The molecule has 13 heavy (non-hydrogen) atoms. The molecule has 0 bridgehead atoms. The first-order valence-electron chi connectivity index (χ1n) is 2.45. The summed E-state index contributed by atoms with van der Waals surface area (Å²) in [4.78, 5) is 0. The maximum absolute atomic E-state index is 11.4. The molecule has 0 saturated heterocycles. The van der Waals surface area contributed by atoms with E-state index in [9.17, 15) is 39.5 Å². The van der Waals surface area contributed by atoms with Crippen molar-refractivity contribution in [3.8, 4) is 0 Å². The van der Waals surface area contributed by atoms with Gasteiger partial charge in [-0.3, -0.25) is 0 Å². The number of rotatable bonds is 0. The van der Waals surface area contributed by atoms with Crippen molar-refractivity contribution >= 4 is 19.8 Å². The van der Waals surface area contributed by atoms with E-state index >= 15 is 0 Å². The number of hydrogen-bond donors (Lipinski definition) is 0. The van der Waals surface area contributed by atoms with Crippen molar-refractivity contribution in [1.82, 2.24) is 0 Å². The molecule has 0 aliphatic heterocycles. The zero-order valence-corrected chi connectivity index (χ0v) is 8.26. The third kappa shape index (κ3) is 3.81. The summed E-state index contributed by atoms with van der Waals surface area (Å²) < 4.78 is 83.7. The maximum atomic E-state index is 11.4. The van der Waals surface area contributed by atoms with Crippen LogP contribution in [-0.4, -0.2) is 32.3 Å². The van der Waals surface area contributed by atoms with Crippen LogP contribution in [-0.2, 0) is 0 Å². The normalized spacial score (nSPS) is 15.2. The molecule has 0 rings (SSSR count). The van der Waals surface area contributed by atoms with Gasteiger partial charge >= 0.3 is 71.8 Å². The van der Waals surface area contributed by atoms with Gasteiger partial charge in [0, 0.05) is 0 Å². The average molecular weight is 326 g/mol. The van der Waals surface area contributed by atoms with Crippen LogP contribution in [0.3, 0.4) is 0 Å². The van der Waals surface area contributed by atoms with Crippen molar-refractivity contribution < 1.29 is 39.5 Å². The van der Waals surface area contributed by atoms with E-state index in [4.69, 9.17) is 0 Å². The molecule has 0 spiro atoms. The molecule has 0 saturated carbocycles. The molecular weight excluding hydrogens is 326 g/mol. The van der Waals surface area contributed by atoms with Gasteiger partial charge in [0.05, 0.1) is 0 Å². The van der Waals surface area contributed by atoms with Crippen LogP contribution in [0.2, 0.25) is 0 Å². The Labute approximate surface area is 72.4 Å². The van der Waals surface area contributed by atoms with Crippen LogP contribution >= 0.6 is 0 Å². The minimum atomic E-state index is -7.43. The third-order valence-corrected chi connectivity index (χ3v) is 5.70. The van der Waals surface area contributed by atoms with Crippen molar-refractivity contribution in [1.29, 1.82) is 0 Å². The van der Waals surface area contributed by atoms with Gasteiger partial charge in [-0.1, -0.05) is 0 Å². The van der Waals surface area contributed by atoms with Gasteiger partial charge in [-0.25, -0.2) is 0 Å². The Morgan fingerprint density at radius 1 is 0.462 bits per heavy atom. The quantitative estimate of drug-likeness (QED) is 0.474. The second-order valence-electron chi connectivity index (χ2n) is 1.87. The van der Waals surface area contributed by atoms with E-state index in [1.807, 2.05) is 0 Å². The van der Waals surface area contributed by atoms with Gasteiger partial charge in [-0.15, -0.1) is 0 Å². The summed E-state index contributed by atoms with van der Waals surface area (Å²) in [6.45, 7) is 0. The molecule has 0 fully saturated rings. The predicted molar refractivity (Wildman–Crippen MR) is 23.9 cm³/mol. The topological polar surface area (TPSA) is 0 Å². The van der Waals surface area contributed by atoms with Crippen LogP contribution in [0, 0.1) is 0 Å². The van der Waals surface area contributed by atoms with Crippen LogP contribution in [0.25, 0.3) is 0 Å². The second kappa shape index (κ2) is 3.39. The van der Waals surface area contributed by atoms with Crippen LogP contribution in [0.1, 0.15) is 0 Å². The Bertz CT molecular complexity index is 137. The van der Waals surface area contributed by atoms with E-state index < -0.39 is 32.3 Å². The Kier molecular flexibility index (Phi) is 3.43. The van der Waals surface area contributed by atoms with E-state index in [2.05, 4.69) is 0 Å². The van der Waals surface area contributed by atoms with Crippen molar-refractivity contribution in [3.63, 3.8) is 0 Å². The Balaban J connectivity index is 5.02. The van der Waals surface area contributed by atoms with Gasteiger partial charge < -0.3 is 0 Å². The first-order valence-corrected chi connectivity index (χ1v) is 6.73. The molecule has 0 atom stereocenters. The fraction of sp³-hybridized carbons (Fsp3) is 1.00. The summed E-state index contributed by atoms with van der Waals surface area (Å²) in [6.07, 6.45) is 0. The molecule has 0 N–H and O–H groups in total. The summed E-state index contributed by atoms with van der Waals surface area (Å²) in [5, 5.41) is 0. The number of alkyl halides is 9. The molecule has 0 aliphatic carbocycles. The van der Waals surface area contributed by atoms with Crippen molar-refractivity contribution in [2.45, 2.75) is 12.6 Å². The van der Waals surface area contributed by atoms with E-state index in [0.29, 0.717) is 0 Å². The van der Waals surface area contributed by atoms with Crippen LogP contribution in [0.4, 0.5) is 39.5 Å². The Morgan fingerprint density at radius 2 is 0.615 bits per heavy atom. The zero-order chi connectivity index (χ0) is 11.1. The molecule has 1 radical (unpaired) electrons. The van der Waals surface area contributed by atoms with E-state index in [0.717, 1.165) is 0 Å². The molecule has 0 aromatic heterocycles. The summed E-state index contributed by atoms with van der Waals surface area (Å²) in [5.74, 6) is 0. The molecule has 0 aromatic rings. The fourth-order valence-electron chi connectivity index (χ4n) is 0.482. The summed E-state index contributed by atoms with van der Waals surface area (Å²) in [7, 11) is 0. The van der Waals surface area contributed by atoms with Crippen molar-refractivity contribution in [2.75, 3.05) is 0 Å². The third-order valence-electron chi connectivity index (χ3n) is 0.850. The van der Waals surface area contributed by atoms with Gasteiger partial charge in [-0.2, -0.15) is 0 Å². The van der Waals surface area contributed by atoms with Gasteiger partial charge in [0.2, 0.25) is 0 Å². The standard InChI is InChI=1S/3CF3.Sn/c3*2-1(3)4;. The van der Waals surface area contributed by atoms with E-state index in [1.54, 1.807) is 0 Å². The van der Waals surface area contributed by atoms with Crippen molar-refractivity contribution in [2.24, 2.45) is 0 Å².